The minimum Gasteiger partial charge on any atom is -0.463 e. The zero-order chi connectivity index (χ0) is 30.7. The second kappa shape index (κ2) is 12.2. The van der Waals surface area contributed by atoms with Gasteiger partial charge in [-0.3, -0.25) is 23.1 Å². The van der Waals surface area contributed by atoms with Crippen molar-refractivity contribution in [2.24, 2.45) is 0 Å². The van der Waals surface area contributed by atoms with E-state index in [0.717, 1.165) is 12.5 Å². The molecular weight excluding hydrogens is 582 g/mol. The number of imidazole rings is 1. The monoisotopic (exact) mass is 609 g/mol. The summed E-state index contributed by atoms with van der Waals surface area (Å²) in [6.45, 7) is 3.67. The normalized spacial score (nSPS) is 20.1. The molecule has 5 rings (SSSR count). The third-order valence-electron chi connectivity index (χ3n) is 6.49. The molecule has 0 spiro atoms. The molecule has 224 valence electrons. The number of ether oxygens (including phenoxy) is 3. The highest BCUT2D eigenvalue weighted by molar-refractivity contribution is 7.86. The summed E-state index contributed by atoms with van der Waals surface area (Å²) in [6, 6.07) is 14.3. The number of hydrogen-bond acceptors (Lipinski definition) is 12. The Morgan fingerprint density at radius 1 is 0.953 bits per heavy atom. The summed E-state index contributed by atoms with van der Waals surface area (Å²) in [4.78, 5) is 49.6. The lowest BCUT2D eigenvalue weighted by Crippen LogP contribution is -2.41. The number of aryl methyl sites for hydroxylation is 1. The summed E-state index contributed by atoms with van der Waals surface area (Å²) in [5, 5.41) is 2.78. The van der Waals surface area contributed by atoms with E-state index in [-0.39, 0.29) is 22.2 Å². The van der Waals surface area contributed by atoms with Crippen molar-refractivity contribution in [3.05, 3.63) is 78.4 Å². The van der Waals surface area contributed by atoms with Crippen LogP contribution in [0.1, 0.15) is 36.0 Å². The molecule has 1 fully saturated rings. The average molecular weight is 610 g/mol. The van der Waals surface area contributed by atoms with Crippen molar-refractivity contribution in [1.82, 2.24) is 19.5 Å². The fourth-order valence-electron chi connectivity index (χ4n) is 4.51. The van der Waals surface area contributed by atoms with Crippen LogP contribution < -0.4 is 5.32 Å². The highest BCUT2D eigenvalue weighted by Gasteiger charge is 2.52. The van der Waals surface area contributed by atoms with Gasteiger partial charge >= 0.3 is 11.9 Å². The number of carbonyl (C=O) groups is 3. The summed E-state index contributed by atoms with van der Waals surface area (Å²) in [7, 11) is -4.43. The van der Waals surface area contributed by atoms with Crippen LogP contribution in [0.2, 0.25) is 0 Å². The van der Waals surface area contributed by atoms with Crippen LogP contribution in [0, 0.1) is 6.92 Å². The average Bonchev–Trinajstić information content (AvgIpc) is 3.57. The molecule has 1 saturated heterocycles. The zero-order valence-electron chi connectivity index (χ0n) is 23.2. The molecule has 1 N–H and O–H groups in total. The third-order valence-corrected chi connectivity index (χ3v) is 7.82. The lowest BCUT2D eigenvalue weighted by molar-refractivity contribution is -0.155. The van der Waals surface area contributed by atoms with Crippen molar-refractivity contribution in [1.29, 1.82) is 0 Å². The van der Waals surface area contributed by atoms with Crippen molar-refractivity contribution in [2.75, 3.05) is 11.9 Å². The molecule has 0 radical (unpaired) electrons. The van der Waals surface area contributed by atoms with Gasteiger partial charge in [0.15, 0.2) is 23.9 Å². The number of fused-ring (bicyclic) bond motifs is 1. The summed E-state index contributed by atoms with van der Waals surface area (Å²) in [5.41, 5.74) is 1.35. The van der Waals surface area contributed by atoms with Crippen LogP contribution in [-0.2, 0) is 38.1 Å². The van der Waals surface area contributed by atoms with Gasteiger partial charge in [-0.1, -0.05) is 35.9 Å². The number of rotatable bonds is 9. The Kier molecular flexibility index (Phi) is 8.47. The molecule has 0 aromatic heterocycles. The minimum absolute atomic E-state index is 0.0757. The van der Waals surface area contributed by atoms with Crippen LogP contribution in [0.5, 0.6) is 0 Å². The Morgan fingerprint density at radius 3 is 2.35 bits per heavy atom. The molecule has 0 unspecified atom stereocenters. The number of nitrogens with one attached hydrogen (secondary N) is 1. The number of carbonyl (C=O) groups excluding carboxylic acids is 3. The Balaban J connectivity index is 1.58. The summed E-state index contributed by atoms with van der Waals surface area (Å²) in [6.07, 6.45) is -2.92. The van der Waals surface area contributed by atoms with Crippen molar-refractivity contribution in [2.45, 2.75) is 50.2 Å². The largest absolute Gasteiger partial charge is 0.463 e. The van der Waals surface area contributed by atoms with E-state index in [1.165, 1.54) is 36.3 Å². The van der Waals surface area contributed by atoms with Crippen LogP contribution >= 0.6 is 0 Å². The Bertz CT molecular complexity index is 1710. The smallest absolute Gasteiger partial charge is 0.303 e. The van der Waals surface area contributed by atoms with Gasteiger partial charge in [0.1, 0.15) is 37.3 Å². The number of esters is 2. The van der Waals surface area contributed by atoms with Gasteiger partial charge < -0.3 is 19.5 Å². The fraction of sp³-hybridized carbons (Fsp3) is 0.286. The number of anilines is 1. The first-order valence-electron chi connectivity index (χ1n) is 13.0. The molecule has 2 aromatic rings. The number of benzene rings is 2. The summed E-state index contributed by atoms with van der Waals surface area (Å²) < 4.78 is 50.5. The van der Waals surface area contributed by atoms with Crippen molar-refractivity contribution >= 4 is 33.8 Å². The van der Waals surface area contributed by atoms with E-state index < -0.39 is 59.1 Å². The van der Waals surface area contributed by atoms with E-state index in [9.17, 15) is 22.8 Å². The lowest BCUT2D eigenvalue weighted by atomic mass is 10.1. The third kappa shape index (κ3) is 6.53. The van der Waals surface area contributed by atoms with Crippen molar-refractivity contribution in [3.8, 4) is 11.5 Å². The second-order valence-corrected chi connectivity index (χ2v) is 11.2. The molecule has 3 heterocycles. The van der Waals surface area contributed by atoms with Crippen LogP contribution in [0.3, 0.4) is 0 Å². The molecule has 2 aromatic carbocycles. The Hall–Kier alpha value is -4.73. The maximum absolute atomic E-state index is 13.3. The second-order valence-electron chi connectivity index (χ2n) is 9.64. The predicted octanol–water partition coefficient (Wildman–Crippen LogP) is 2.50. The van der Waals surface area contributed by atoms with Crippen LogP contribution in [-0.4, -0.2) is 70.7 Å². The van der Waals surface area contributed by atoms with Gasteiger partial charge in [-0.15, -0.1) is 0 Å². The van der Waals surface area contributed by atoms with E-state index in [4.69, 9.17) is 18.4 Å². The molecule has 3 aliphatic rings. The Labute approximate surface area is 246 Å². The standard InChI is InChI=1S/C28H27N5O9S/c1-16-9-11-20(12-10-16)43(37,38)42-23-21(13-39-17(2)34)41-28(24(23)40-18(3)35)33-15-31-25-22(29-14-30-25)26(33)32-27(36)19-7-5-4-6-8-19/h4-12,14-15,21,23-24,28H,13H2,1-3H3,(H,32,36)/t21-,23+,24-,28-/m1/s1. The van der Waals surface area contributed by atoms with Crippen molar-refractivity contribution in [3.63, 3.8) is 0 Å². The number of amides is 1. The number of hydrogen-bond donors (Lipinski definition) is 1. The van der Waals surface area contributed by atoms with Gasteiger partial charge in [0.05, 0.1) is 4.90 Å². The number of aromatic nitrogens is 4. The van der Waals surface area contributed by atoms with Gasteiger partial charge in [0.25, 0.3) is 16.0 Å². The van der Waals surface area contributed by atoms with E-state index in [2.05, 4.69) is 20.3 Å². The van der Waals surface area contributed by atoms with E-state index >= 15 is 0 Å². The zero-order valence-corrected chi connectivity index (χ0v) is 24.1. The fourth-order valence-corrected chi connectivity index (χ4v) is 5.62. The number of nitrogens with zero attached hydrogens (tertiary/aromatic N) is 4. The van der Waals surface area contributed by atoms with E-state index in [0.29, 0.717) is 5.56 Å². The summed E-state index contributed by atoms with van der Waals surface area (Å²) in [5.74, 6) is -1.65. The van der Waals surface area contributed by atoms with Gasteiger partial charge in [0, 0.05) is 19.4 Å². The van der Waals surface area contributed by atoms with Gasteiger partial charge in [-0.2, -0.15) is 8.42 Å². The topological polar surface area (TPSA) is 178 Å². The van der Waals surface area contributed by atoms with Crippen LogP contribution in [0.4, 0.5) is 5.82 Å². The Morgan fingerprint density at radius 2 is 1.67 bits per heavy atom. The minimum atomic E-state index is -4.43. The highest BCUT2D eigenvalue weighted by Crippen LogP contribution is 2.39. The molecule has 43 heavy (non-hydrogen) atoms. The molecular formula is C28H27N5O9S. The van der Waals surface area contributed by atoms with Crippen LogP contribution in [0.25, 0.3) is 11.5 Å². The lowest BCUT2D eigenvalue weighted by Gasteiger charge is -2.26. The van der Waals surface area contributed by atoms with Gasteiger partial charge in [0.2, 0.25) is 0 Å². The van der Waals surface area contributed by atoms with E-state index in [1.807, 2.05) is 0 Å². The molecule has 0 saturated carbocycles. The van der Waals surface area contributed by atoms with Crippen molar-refractivity contribution < 1.29 is 41.2 Å². The molecule has 14 nitrogen and oxygen atoms in total. The molecule has 15 heteroatoms. The first-order valence-corrected chi connectivity index (χ1v) is 14.4. The first-order chi connectivity index (χ1) is 20.5. The maximum atomic E-state index is 13.3. The first kappa shape index (κ1) is 29.8. The van der Waals surface area contributed by atoms with Crippen LogP contribution in [0.15, 0.2) is 72.1 Å². The molecule has 0 bridgehead atoms. The van der Waals surface area contributed by atoms with Gasteiger partial charge in [-0.05, 0) is 31.2 Å². The SMILES string of the molecule is CC(=O)OC[C@H]1O[C@@H](n2cnc3ncnc-3c2NC(=O)c2ccccc2)[C@H](OC(C)=O)[C@H]1OS(=O)(=O)c1ccc(C)cc1. The molecule has 4 atom stereocenters. The molecule has 0 aliphatic carbocycles. The quantitative estimate of drug-likeness (QED) is 0.217. The maximum Gasteiger partial charge on any atom is 0.303 e. The molecule has 1 amide bonds. The van der Waals surface area contributed by atoms with Gasteiger partial charge in [-0.25, -0.2) is 15.0 Å². The predicted molar refractivity (Wildman–Crippen MR) is 148 cm³/mol. The summed E-state index contributed by atoms with van der Waals surface area (Å²) >= 11 is 0. The highest BCUT2D eigenvalue weighted by atomic mass is 32.2. The molecule has 3 aliphatic heterocycles. The van der Waals surface area contributed by atoms with E-state index in [1.54, 1.807) is 49.4 Å².